The SMILES string of the molecule is COc1ccc(C(=O)C2(OC)CCCC2)c(OC)c1Br. The molecule has 0 aromatic heterocycles. The van der Waals surface area contributed by atoms with E-state index in [1.165, 1.54) is 0 Å². The highest BCUT2D eigenvalue weighted by molar-refractivity contribution is 9.10. The van der Waals surface area contributed by atoms with Gasteiger partial charge in [-0.05, 0) is 53.7 Å². The van der Waals surface area contributed by atoms with E-state index in [1.807, 2.05) is 0 Å². The van der Waals surface area contributed by atoms with Crippen LogP contribution < -0.4 is 9.47 Å². The summed E-state index contributed by atoms with van der Waals surface area (Å²) in [5.41, 5.74) is -0.176. The number of hydrogen-bond donors (Lipinski definition) is 0. The second-order valence-corrected chi connectivity index (χ2v) is 5.69. The van der Waals surface area contributed by atoms with Crippen LogP contribution in [0.4, 0.5) is 0 Å². The van der Waals surface area contributed by atoms with Crippen molar-refractivity contribution in [2.75, 3.05) is 21.3 Å². The molecule has 20 heavy (non-hydrogen) atoms. The van der Waals surface area contributed by atoms with Crippen molar-refractivity contribution in [3.05, 3.63) is 22.2 Å². The molecule has 4 nitrogen and oxygen atoms in total. The molecule has 1 saturated carbocycles. The second-order valence-electron chi connectivity index (χ2n) is 4.90. The van der Waals surface area contributed by atoms with Crippen molar-refractivity contribution in [3.8, 4) is 11.5 Å². The van der Waals surface area contributed by atoms with Crippen LogP contribution in [-0.4, -0.2) is 32.7 Å². The fourth-order valence-corrected chi connectivity index (χ4v) is 3.46. The summed E-state index contributed by atoms with van der Waals surface area (Å²) in [4.78, 5) is 12.9. The van der Waals surface area contributed by atoms with Gasteiger partial charge in [-0.15, -0.1) is 0 Å². The van der Waals surface area contributed by atoms with E-state index in [0.717, 1.165) is 25.7 Å². The minimum atomic E-state index is -0.707. The summed E-state index contributed by atoms with van der Waals surface area (Å²) in [6.07, 6.45) is 3.54. The van der Waals surface area contributed by atoms with Gasteiger partial charge in [-0.1, -0.05) is 0 Å². The molecular weight excluding hydrogens is 324 g/mol. The first kappa shape index (κ1) is 15.3. The molecule has 0 saturated heterocycles. The molecule has 5 heteroatoms. The number of halogens is 1. The van der Waals surface area contributed by atoms with Gasteiger partial charge in [0.05, 0.1) is 19.8 Å². The van der Waals surface area contributed by atoms with Crippen molar-refractivity contribution in [2.45, 2.75) is 31.3 Å². The zero-order chi connectivity index (χ0) is 14.8. The topological polar surface area (TPSA) is 44.8 Å². The van der Waals surface area contributed by atoms with Crippen LogP contribution in [0.5, 0.6) is 11.5 Å². The maximum atomic E-state index is 12.9. The van der Waals surface area contributed by atoms with Crippen molar-refractivity contribution in [3.63, 3.8) is 0 Å². The fourth-order valence-electron chi connectivity index (χ4n) is 2.79. The average molecular weight is 343 g/mol. The van der Waals surface area contributed by atoms with E-state index < -0.39 is 5.60 Å². The molecule has 1 fully saturated rings. The second kappa shape index (κ2) is 6.14. The molecule has 0 amide bonds. The first-order valence-corrected chi connectivity index (χ1v) is 7.39. The molecule has 0 heterocycles. The summed E-state index contributed by atoms with van der Waals surface area (Å²) in [5, 5.41) is 0. The maximum Gasteiger partial charge on any atom is 0.198 e. The van der Waals surface area contributed by atoms with E-state index >= 15 is 0 Å². The molecule has 0 N–H and O–H groups in total. The summed E-state index contributed by atoms with van der Waals surface area (Å²) in [7, 11) is 4.73. The molecule has 0 spiro atoms. The van der Waals surface area contributed by atoms with Crippen LogP contribution in [0.15, 0.2) is 16.6 Å². The number of benzene rings is 1. The van der Waals surface area contributed by atoms with Gasteiger partial charge < -0.3 is 14.2 Å². The van der Waals surface area contributed by atoms with Crippen molar-refractivity contribution >= 4 is 21.7 Å². The first-order chi connectivity index (χ1) is 9.59. The Kier molecular flexibility index (Phi) is 4.70. The summed E-state index contributed by atoms with van der Waals surface area (Å²) in [5.74, 6) is 1.12. The highest BCUT2D eigenvalue weighted by Crippen LogP contribution is 2.42. The Morgan fingerprint density at radius 2 is 1.80 bits per heavy atom. The monoisotopic (exact) mass is 342 g/mol. The van der Waals surface area contributed by atoms with Gasteiger partial charge in [-0.25, -0.2) is 0 Å². The highest BCUT2D eigenvalue weighted by Gasteiger charge is 2.43. The van der Waals surface area contributed by atoms with Crippen molar-refractivity contribution in [1.29, 1.82) is 0 Å². The lowest BCUT2D eigenvalue weighted by Gasteiger charge is -2.26. The highest BCUT2D eigenvalue weighted by atomic mass is 79.9. The van der Waals surface area contributed by atoms with Gasteiger partial charge in [0.15, 0.2) is 5.78 Å². The number of hydrogen-bond acceptors (Lipinski definition) is 4. The summed E-state index contributed by atoms with van der Waals surface area (Å²) in [6.45, 7) is 0. The number of Topliss-reactive ketones (excluding diaryl/α,β-unsaturated/α-hetero) is 1. The predicted octanol–water partition coefficient (Wildman–Crippen LogP) is 3.61. The van der Waals surface area contributed by atoms with Gasteiger partial charge >= 0.3 is 0 Å². The third-order valence-corrected chi connectivity index (χ3v) is 4.70. The smallest absolute Gasteiger partial charge is 0.198 e. The van der Waals surface area contributed by atoms with E-state index in [1.54, 1.807) is 33.5 Å². The van der Waals surface area contributed by atoms with Crippen LogP contribution in [-0.2, 0) is 4.74 Å². The van der Waals surface area contributed by atoms with E-state index in [0.29, 0.717) is 21.5 Å². The van der Waals surface area contributed by atoms with Gasteiger partial charge in [0.25, 0.3) is 0 Å². The van der Waals surface area contributed by atoms with Crippen LogP contribution in [0, 0.1) is 0 Å². The van der Waals surface area contributed by atoms with Gasteiger partial charge in [0.1, 0.15) is 21.6 Å². The van der Waals surface area contributed by atoms with Crippen LogP contribution >= 0.6 is 15.9 Å². The largest absolute Gasteiger partial charge is 0.495 e. The molecule has 0 radical (unpaired) electrons. The molecular formula is C15H19BrO4. The Morgan fingerprint density at radius 1 is 1.15 bits per heavy atom. The third kappa shape index (κ3) is 2.44. The summed E-state index contributed by atoms with van der Waals surface area (Å²) < 4.78 is 16.8. The molecule has 0 bridgehead atoms. The Bertz CT molecular complexity index is 507. The fraction of sp³-hybridized carbons (Fsp3) is 0.533. The standard InChI is InChI=1S/C15H19BrO4/c1-18-11-7-6-10(13(19-2)12(11)16)14(17)15(20-3)8-4-5-9-15/h6-7H,4-5,8-9H2,1-3H3. The first-order valence-electron chi connectivity index (χ1n) is 6.60. The summed E-state index contributed by atoms with van der Waals surface area (Å²) in [6, 6.07) is 3.50. The Hall–Kier alpha value is -1.07. The Morgan fingerprint density at radius 3 is 2.30 bits per heavy atom. The number of methoxy groups -OCH3 is 3. The minimum Gasteiger partial charge on any atom is -0.495 e. The van der Waals surface area contributed by atoms with Crippen molar-refractivity contribution in [2.24, 2.45) is 0 Å². The quantitative estimate of drug-likeness (QED) is 0.766. The van der Waals surface area contributed by atoms with Gasteiger partial charge in [-0.3, -0.25) is 4.79 Å². The third-order valence-electron chi connectivity index (χ3n) is 3.95. The van der Waals surface area contributed by atoms with Crippen LogP contribution in [0.1, 0.15) is 36.0 Å². The molecule has 0 unspecified atom stereocenters. The molecule has 2 rings (SSSR count). The van der Waals surface area contributed by atoms with Gasteiger partial charge in [0.2, 0.25) is 0 Å². The van der Waals surface area contributed by atoms with Crippen molar-refractivity contribution in [1.82, 2.24) is 0 Å². The predicted molar refractivity (Wildman–Crippen MR) is 79.8 cm³/mol. The molecule has 0 atom stereocenters. The molecule has 1 aliphatic carbocycles. The molecule has 0 aliphatic heterocycles. The van der Waals surface area contributed by atoms with E-state index in [-0.39, 0.29) is 5.78 Å². The number of carbonyl (C=O) groups is 1. The van der Waals surface area contributed by atoms with Gasteiger partial charge in [-0.2, -0.15) is 0 Å². The Labute approximate surface area is 127 Å². The average Bonchev–Trinajstić information content (AvgIpc) is 2.96. The normalized spacial score (nSPS) is 17.0. The molecule has 1 aromatic carbocycles. The van der Waals surface area contributed by atoms with E-state index in [2.05, 4.69) is 15.9 Å². The lowest BCUT2D eigenvalue weighted by Crippen LogP contribution is -2.38. The molecule has 1 aromatic rings. The molecule has 1 aliphatic rings. The Balaban J connectivity index is 2.47. The number of ether oxygens (including phenoxy) is 3. The number of ketones is 1. The minimum absolute atomic E-state index is 0.0160. The lowest BCUT2D eigenvalue weighted by molar-refractivity contribution is 0.00580. The number of carbonyl (C=O) groups excluding carboxylic acids is 1. The van der Waals surface area contributed by atoms with Crippen molar-refractivity contribution < 1.29 is 19.0 Å². The number of rotatable bonds is 5. The zero-order valence-corrected chi connectivity index (χ0v) is 13.6. The van der Waals surface area contributed by atoms with E-state index in [9.17, 15) is 4.79 Å². The lowest BCUT2D eigenvalue weighted by atomic mass is 9.90. The van der Waals surface area contributed by atoms with Crippen LogP contribution in [0.25, 0.3) is 0 Å². The zero-order valence-electron chi connectivity index (χ0n) is 12.0. The van der Waals surface area contributed by atoms with Crippen LogP contribution in [0.2, 0.25) is 0 Å². The van der Waals surface area contributed by atoms with Crippen LogP contribution in [0.3, 0.4) is 0 Å². The van der Waals surface area contributed by atoms with Gasteiger partial charge in [0, 0.05) is 7.11 Å². The summed E-state index contributed by atoms with van der Waals surface area (Å²) >= 11 is 3.43. The maximum absolute atomic E-state index is 12.9. The molecule has 110 valence electrons. The van der Waals surface area contributed by atoms with E-state index in [4.69, 9.17) is 14.2 Å².